The molecule has 0 bridgehead atoms. The first kappa shape index (κ1) is 16.1. The Labute approximate surface area is 130 Å². The Balaban J connectivity index is 1.62. The maximum Gasteiger partial charge on any atom is 0.314 e. The van der Waals surface area contributed by atoms with Gasteiger partial charge in [0.25, 0.3) is 0 Å². The molecule has 2 rings (SSSR count). The summed E-state index contributed by atoms with van der Waals surface area (Å²) >= 11 is 0. The Morgan fingerprint density at radius 3 is 2.82 bits per heavy atom. The second kappa shape index (κ2) is 8.26. The van der Waals surface area contributed by atoms with Crippen LogP contribution in [0.1, 0.15) is 19.3 Å². The molecule has 120 valence electrons. The lowest BCUT2D eigenvalue weighted by molar-refractivity contribution is -0.126. The molecule has 0 aliphatic carbocycles. The van der Waals surface area contributed by atoms with Crippen molar-refractivity contribution in [3.05, 3.63) is 30.3 Å². The summed E-state index contributed by atoms with van der Waals surface area (Å²) in [5.74, 6) is 0.667. The number of benzene rings is 1. The van der Waals surface area contributed by atoms with Crippen molar-refractivity contribution in [2.45, 2.75) is 19.3 Å². The molecule has 0 aromatic heterocycles. The second-order valence-electron chi connectivity index (χ2n) is 5.43. The third kappa shape index (κ3) is 4.95. The Morgan fingerprint density at radius 2 is 2.09 bits per heavy atom. The lowest BCUT2D eigenvalue weighted by atomic mass is 9.97. The van der Waals surface area contributed by atoms with Gasteiger partial charge in [0.2, 0.25) is 5.91 Å². The van der Waals surface area contributed by atoms with Gasteiger partial charge in [-0.3, -0.25) is 4.79 Å². The maximum absolute atomic E-state index is 12.1. The van der Waals surface area contributed by atoms with Gasteiger partial charge in [0.1, 0.15) is 5.75 Å². The number of nitrogens with one attached hydrogen (secondary N) is 1. The molecular formula is C16H23N3O3. The summed E-state index contributed by atoms with van der Waals surface area (Å²) in [6, 6.07) is 9.13. The van der Waals surface area contributed by atoms with E-state index in [4.69, 9.17) is 10.5 Å². The fourth-order valence-corrected chi connectivity index (χ4v) is 2.53. The van der Waals surface area contributed by atoms with E-state index >= 15 is 0 Å². The van der Waals surface area contributed by atoms with E-state index in [9.17, 15) is 9.59 Å². The third-order valence-electron chi connectivity index (χ3n) is 3.74. The summed E-state index contributed by atoms with van der Waals surface area (Å²) < 4.78 is 5.56. The lowest BCUT2D eigenvalue weighted by Crippen LogP contribution is -2.47. The lowest BCUT2D eigenvalue weighted by Gasteiger charge is -2.30. The number of piperidine rings is 1. The van der Waals surface area contributed by atoms with Gasteiger partial charge >= 0.3 is 6.03 Å². The number of rotatable bonds is 6. The molecule has 0 saturated carbocycles. The number of hydrogen-bond donors (Lipinski definition) is 2. The van der Waals surface area contributed by atoms with E-state index in [1.54, 1.807) is 0 Å². The van der Waals surface area contributed by atoms with Gasteiger partial charge in [0, 0.05) is 19.6 Å². The van der Waals surface area contributed by atoms with Crippen LogP contribution in [0.15, 0.2) is 30.3 Å². The minimum absolute atomic E-state index is 0.00865. The van der Waals surface area contributed by atoms with Gasteiger partial charge in [-0.05, 0) is 31.4 Å². The number of urea groups is 1. The van der Waals surface area contributed by atoms with E-state index in [0.717, 1.165) is 25.0 Å². The zero-order valence-corrected chi connectivity index (χ0v) is 12.7. The van der Waals surface area contributed by atoms with Crippen molar-refractivity contribution in [3.8, 4) is 5.75 Å². The van der Waals surface area contributed by atoms with E-state index in [1.165, 1.54) is 4.90 Å². The molecule has 1 saturated heterocycles. The molecule has 1 atom stereocenters. The molecule has 0 spiro atoms. The number of nitrogens with zero attached hydrogens (tertiary/aromatic N) is 1. The zero-order chi connectivity index (χ0) is 15.8. The molecule has 6 nitrogen and oxygen atoms in total. The van der Waals surface area contributed by atoms with E-state index < -0.39 is 6.03 Å². The first-order valence-electron chi connectivity index (χ1n) is 7.67. The highest BCUT2D eigenvalue weighted by Gasteiger charge is 2.26. The number of ether oxygens (including phenoxy) is 1. The molecule has 3 amide bonds. The average Bonchev–Trinajstić information content (AvgIpc) is 2.55. The summed E-state index contributed by atoms with van der Waals surface area (Å²) in [6.45, 7) is 2.19. The number of primary amides is 1. The van der Waals surface area contributed by atoms with E-state index in [0.29, 0.717) is 26.2 Å². The summed E-state index contributed by atoms with van der Waals surface area (Å²) in [7, 11) is 0. The third-order valence-corrected chi connectivity index (χ3v) is 3.74. The van der Waals surface area contributed by atoms with Crippen molar-refractivity contribution >= 4 is 11.9 Å². The Morgan fingerprint density at radius 1 is 1.32 bits per heavy atom. The summed E-state index contributed by atoms with van der Waals surface area (Å²) in [5.41, 5.74) is 5.26. The summed E-state index contributed by atoms with van der Waals surface area (Å²) in [5, 5.41) is 2.90. The van der Waals surface area contributed by atoms with Crippen LogP contribution in [0.4, 0.5) is 4.79 Å². The molecular weight excluding hydrogens is 282 g/mol. The Kier molecular flexibility index (Phi) is 6.06. The van der Waals surface area contributed by atoms with Crippen molar-refractivity contribution in [2.75, 3.05) is 26.2 Å². The van der Waals surface area contributed by atoms with Gasteiger partial charge in [-0.1, -0.05) is 18.2 Å². The molecule has 22 heavy (non-hydrogen) atoms. The Bertz CT molecular complexity index is 493. The van der Waals surface area contributed by atoms with Crippen LogP contribution in [0.5, 0.6) is 5.75 Å². The number of amides is 3. The predicted molar refractivity (Wildman–Crippen MR) is 83.4 cm³/mol. The van der Waals surface area contributed by atoms with Gasteiger partial charge in [-0.15, -0.1) is 0 Å². The van der Waals surface area contributed by atoms with Crippen LogP contribution in [0, 0.1) is 5.92 Å². The molecule has 1 aromatic rings. The molecule has 1 aromatic carbocycles. The van der Waals surface area contributed by atoms with Crippen molar-refractivity contribution < 1.29 is 14.3 Å². The molecule has 1 unspecified atom stereocenters. The van der Waals surface area contributed by atoms with Gasteiger partial charge in [-0.25, -0.2) is 4.79 Å². The number of nitrogens with two attached hydrogens (primary N) is 1. The van der Waals surface area contributed by atoms with Crippen molar-refractivity contribution in [3.63, 3.8) is 0 Å². The van der Waals surface area contributed by atoms with Crippen LogP contribution >= 0.6 is 0 Å². The van der Waals surface area contributed by atoms with Crippen LogP contribution in [0.25, 0.3) is 0 Å². The largest absolute Gasteiger partial charge is 0.494 e. The topological polar surface area (TPSA) is 84.7 Å². The second-order valence-corrected chi connectivity index (χ2v) is 5.43. The van der Waals surface area contributed by atoms with Crippen LogP contribution in [-0.4, -0.2) is 43.1 Å². The zero-order valence-electron chi connectivity index (χ0n) is 12.7. The monoisotopic (exact) mass is 305 g/mol. The quantitative estimate of drug-likeness (QED) is 0.778. The molecule has 3 N–H and O–H groups in total. The normalized spacial score (nSPS) is 17.8. The minimum atomic E-state index is -0.450. The van der Waals surface area contributed by atoms with Crippen LogP contribution < -0.4 is 15.8 Å². The molecule has 1 aliphatic rings. The fraction of sp³-hybridized carbons (Fsp3) is 0.500. The standard InChI is InChI=1S/C16H23N3O3/c17-16(21)19-10-4-6-13(12-19)15(20)18-9-5-11-22-14-7-2-1-3-8-14/h1-3,7-8,13H,4-6,9-12H2,(H2,17,21)(H,18,20). The first-order valence-corrected chi connectivity index (χ1v) is 7.67. The molecule has 1 fully saturated rings. The number of likely N-dealkylation sites (tertiary alicyclic amines) is 1. The number of hydrogen-bond acceptors (Lipinski definition) is 3. The van der Waals surface area contributed by atoms with E-state index in [-0.39, 0.29) is 11.8 Å². The molecule has 1 aliphatic heterocycles. The fourth-order valence-electron chi connectivity index (χ4n) is 2.53. The van der Waals surface area contributed by atoms with E-state index in [1.807, 2.05) is 30.3 Å². The molecule has 0 radical (unpaired) electrons. The predicted octanol–water partition coefficient (Wildman–Crippen LogP) is 1.36. The van der Waals surface area contributed by atoms with Gasteiger partial charge in [0.15, 0.2) is 0 Å². The van der Waals surface area contributed by atoms with Gasteiger partial charge in [0.05, 0.1) is 12.5 Å². The molecule has 6 heteroatoms. The minimum Gasteiger partial charge on any atom is -0.494 e. The number of para-hydroxylation sites is 1. The van der Waals surface area contributed by atoms with Gasteiger partial charge in [-0.2, -0.15) is 0 Å². The van der Waals surface area contributed by atoms with Crippen molar-refractivity contribution in [2.24, 2.45) is 11.7 Å². The van der Waals surface area contributed by atoms with Crippen LogP contribution in [-0.2, 0) is 4.79 Å². The average molecular weight is 305 g/mol. The van der Waals surface area contributed by atoms with Gasteiger partial charge < -0.3 is 20.7 Å². The summed E-state index contributed by atoms with van der Waals surface area (Å²) in [4.78, 5) is 24.8. The van der Waals surface area contributed by atoms with Crippen LogP contribution in [0.3, 0.4) is 0 Å². The highest BCUT2D eigenvalue weighted by atomic mass is 16.5. The van der Waals surface area contributed by atoms with Crippen molar-refractivity contribution in [1.29, 1.82) is 0 Å². The number of carbonyl (C=O) groups is 2. The first-order chi connectivity index (χ1) is 10.7. The SMILES string of the molecule is NC(=O)N1CCCC(C(=O)NCCCOc2ccccc2)C1. The number of carbonyl (C=O) groups excluding carboxylic acids is 2. The summed E-state index contributed by atoms with van der Waals surface area (Å²) in [6.07, 6.45) is 2.36. The smallest absolute Gasteiger partial charge is 0.314 e. The highest BCUT2D eigenvalue weighted by Crippen LogP contribution is 2.16. The van der Waals surface area contributed by atoms with Crippen LogP contribution in [0.2, 0.25) is 0 Å². The maximum atomic E-state index is 12.1. The van der Waals surface area contributed by atoms with Crippen molar-refractivity contribution in [1.82, 2.24) is 10.2 Å². The van der Waals surface area contributed by atoms with E-state index in [2.05, 4.69) is 5.32 Å². The molecule has 1 heterocycles. The Hall–Kier alpha value is -2.24. The highest BCUT2D eigenvalue weighted by molar-refractivity contribution is 5.80.